The predicted molar refractivity (Wildman–Crippen MR) is 167 cm³/mol. The van der Waals surface area contributed by atoms with Crippen LogP contribution in [0.4, 0.5) is 5.69 Å². The van der Waals surface area contributed by atoms with Crippen LogP contribution in [0.25, 0.3) is 0 Å². The third-order valence-electron chi connectivity index (χ3n) is 10.5. The summed E-state index contributed by atoms with van der Waals surface area (Å²) in [5.41, 5.74) is 4.41. The Morgan fingerprint density at radius 3 is 2.54 bits per heavy atom. The van der Waals surface area contributed by atoms with Gasteiger partial charge in [-0.05, 0) is 59.3 Å². The van der Waals surface area contributed by atoms with Crippen LogP contribution in [0.15, 0.2) is 132 Å². The average Bonchev–Trinajstić information content (AvgIpc) is 3.49. The maximum Gasteiger partial charge on any atom is 0.0577 e. The summed E-state index contributed by atoms with van der Waals surface area (Å²) < 4.78 is 0. The molecule has 0 aromatic heterocycles. The molecular formula is C37H37NS. The van der Waals surface area contributed by atoms with Gasteiger partial charge in [0.2, 0.25) is 0 Å². The van der Waals surface area contributed by atoms with Crippen molar-refractivity contribution in [3.63, 3.8) is 0 Å². The summed E-state index contributed by atoms with van der Waals surface area (Å²) in [7, 11) is 0. The third-order valence-corrected chi connectivity index (χ3v) is 12.0. The van der Waals surface area contributed by atoms with Gasteiger partial charge in [0.25, 0.3) is 0 Å². The fourth-order valence-electron chi connectivity index (χ4n) is 8.44. The number of allylic oxidation sites excluding steroid dienone is 13. The second-order valence-corrected chi connectivity index (χ2v) is 13.8. The topological polar surface area (TPSA) is 3.24 Å². The van der Waals surface area contributed by atoms with Crippen molar-refractivity contribution < 1.29 is 0 Å². The van der Waals surface area contributed by atoms with Gasteiger partial charge in [-0.1, -0.05) is 116 Å². The molecule has 39 heavy (non-hydrogen) atoms. The zero-order valence-electron chi connectivity index (χ0n) is 22.6. The fourth-order valence-corrected chi connectivity index (χ4v) is 9.98. The maximum atomic E-state index is 2.70. The predicted octanol–water partition coefficient (Wildman–Crippen LogP) is 8.86. The SMILES string of the molecule is CC12C=C(C3CC=C4SC5C=CC=C[C@@H]5C4C3)C=CC1N(c1ccc([C@H]3C=CC=CC3)cc1)C1C=CC=CC12. The molecule has 1 aromatic rings. The van der Waals surface area contributed by atoms with Gasteiger partial charge in [-0.2, -0.15) is 0 Å². The number of hydrogen-bond acceptors (Lipinski definition) is 2. The van der Waals surface area contributed by atoms with E-state index >= 15 is 0 Å². The van der Waals surface area contributed by atoms with Crippen LogP contribution in [0.2, 0.25) is 0 Å². The highest BCUT2D eigenvalue weighted by Crippen LogP contribution is 2.57. The van der Waals surface area contributed by atoms with Crippen LogP contribution in [0.3, 0.4) is 0 Å². The van der Waals surface area contributed by atoms with Crippen LogP contribution in [-0.2, 0) is 0 Å². The van der Waals surface area contributed by atoms with E-state index in [0.29, 0.717) is 46.9 Å². The lowest BCUT2D eigenvalue weighted by Crippen LogP contribution is -2.40. The monoisotopic (exact) mass is 527 g/mol. The molecule has 8 rings (SSSR count). The number of hydrogen-bond donors (Lipinski definition) is 0. The van der Waals surface area contributed by atoms with E-state index in [1.54, 1.807) is 10.5 Å². The molecule has 7 aliphatic rings. The molecule has 9 atom stereocenters. The van der Waals surface area contributed by atoms with Crippen LogP contribution >= 0.6 is 11.8 Å². The van der Waals surface area contributed by atoms with Crippen molar-refractivity contribution in [3.8, 4) is 0 Å². The summed E-state index contributed by atoms with van der Waals surface area (Å²) >= 11 is 2.12. The highest BCUT2D eigenvalue weighted by atomic mass is 32.2. The van der Waals surface area contributed by atoms with Crippen molar-refractivity contribution >= 4 is 17.4 Å². The van der Waals surface area contributed by atoms with Crippen LogP contribution in [0.5, 0.6) is 0 Å². The minimum absolute atomic E-state index is 0.0794. The second-order valence-electron chi connectivity index (χ2n) is 12.6. The fraction of sp³-hybridized carbons (Fsp3) is 0.351. The second kappa shape index (κ2) is 9.30. The normalized spacial score (nSPS) is 40.7. The van der Waals surface area contributed by atoms with Crippen LogP contribution in [0.1, 0.15) is 37.7 Å². The van der Waals surface area contributed by atoms with Gasteiger partial charge in [0.15, 0.2) is 0 Å². The molecule has 2 saturated heterocycles. The van der Waals surface area contributed by atoms with Gasteiger partial charge in [-0.25, -0.2) is 0 Å². The summed E-state index contributed by atoms with van der Waals surface area (Å²) in [6, 6.07) is 10.2. The van der Waals surface area contributed by atoms with Crippen molar-refractivity contribution in [2.75, 3.05) is 4.90 Å². The Kier molecular flexibility index (Phi) is 5.70. The quantitative estimate of drug-likeness (QED) is 0.386. The first kappa shape index (κ1) is 23.9. The lowest BCUT2D eigenvalue weighted by molar-refractivity contribution is 0.329. The minimum Gasteiger partial charge on any atom is -0.357 e. The lowest BCUT2D eigenvalue weighted by Gasteiger charge is -2.39. The standard InChI is InChI=1S/C37H37NS/c1-37-24-28(27-17-21-35-31(23-27)30-11-5-8-14-34(30)39-35)18-22-36(37)38(33-13-7-6-12-32(33)37)29-19-15-26(16-20-29)25-9-3-2-4-10-25/h2-9,11-16,18-22,24-25,27,30-34,36H,10,17,23H2,1H3/t25-,27?,30+,31?,32?,33?,34?,36?,37?/m0/s1. The van der Waals surface area contributed by atoms with E-state index in [-0.39, 0.29) is 5.41 Å². The van der Waals surface area contributed by atoms with Crippen molar-refractivity contribution in [1.82, 2.24) is 0 Å². The molecule has 196 valence electrons. The molecule has 0 saturated carbocycles. The van der Waals surface area contributed by atoms with E-state index in [1.165, 1.54) is 24.1 Å². The highest BCUT2D eigenvalue weighted by molar-refractivity contribution is 8.04. The number of thioether (sulfide) groups is 1. The number of benzene rings is 1. The van der Waals surface area contributed by atoms with Crippen molar-refractivity contribution in [2.24, 2.45) is 29.1 Å². The van der Waals surface area contributed by atoms with E-state index in [4.69, 9.17) is 0 Å². The zero-order chi connectivity index (χ0) is 26.0. The van der Waals surface area contributed by atoms with E-state index in [9.17, 15) is 0 Å². The Bertz CT molecular complexity index is 1430. The summed E-state index contributed by atoms with van der Waals surface area (Å²) in [4.78, 5) is 4.35. The molecule has 0 amide bonds. The average molecular weight is 528 g/mol. The Balaban J connectivity index is 1.09. The van der Waals surface area contributed by atoms with Crippen molar-refractivity contribution in [1.29, 1.82) is 0 Å². The van der Waals surface area contributed by atoms with Gasteiger partial charge in [0, 0.05) is 34.1 Å². The molecule has 0 N–H and O–H groups in total. The molecule has 0 spiro atoms. The first-order valence-corrected chi connectivity index (χ1v) is 15.8. The van der Waals surface area contributed by atoms with E-state index in [1.807, 2.05) is 0 Å². The van der Waals surface area contributed by atoms with Crippen molar-refractivity contribution in [3.05, 3.63) is 138 Å². The molecule has 1 aromatic carbocycles. The molecule has 2 fully saturated rings. The first-order valence-electron chi connectivity index (χ1n) is 14.9. The summed E-state index contributed by atoms with van der Waals surface area (Å²) in [6.07, 6.45) is 41.7. The zero-order valence-corrected chi connectivity index (χ0v) is 23.5. The smallest absolute Gasteiger partial charge is 0.0577 e. The Morgan fingerprint density at radius 1 is 0.846 bits per heavy atom. The number of anilines is 1. The van der Waals surface area contributed by atoms with Gasteiger partial charge >= 0.3 is 0 Å². The number of nitrogens with zero attached hydrogens (tertiary/aromatic N) is 1. The highest BCUT2D eigenvalue weighted by Gasteiger charge is 2.54. The Morgan fingerprint density at radius 2 is 1.67 bits per heavy atom. The summed E-state index contributed by atoms with van der Waals surface area (Å²) in [6.45, 7) is 2.52. The maximum absolute atomic E-state index is 2.70. The number of fused-ring (bicyclic) bond motifs is 6. The van der Waals surface area contributed by atoms with Crippen LogP contribution < -0.4 is 4.90 Å². The van der Waals surface area contributed by atoms with Crippen LogP contribution in [0, 0.1) is 29.1 Å². The molecule has 1 nitrogen and oxygen atoms in total. The van der Waals surface area contributed by atoms with Crippen LogP contribution in [-0.4, -0.2) is 17.3 Å². The summed E-state index contributed by atoms with van der Waals surface area (Å²) in [5, 5.41) is 0.642. The molecule has 5 aliphatic carbocycles. The molecule has 0 radical (unpaired) electrons. The summed E-state index contributed by atoms with van der Waals surface area (Å²) in [5.74, 6) is 2.96. The van der Waals surface area contributed by atoms with Crippen molar-refractivity contribution in [2.45, 2.75) is 49.4 Å². The van der Waals surface area contributed by atoms with E-state index in [0.717, 1.165) is 6.42 Å². The Hall–Kier alpha value is -2.97. The molecule has 2 heteroatoms. The van der Waals surface area contributed by atoms with E-state index in [2.05, 4.69) is 145 Å². The van der Waals surface area contributed by atoms with Gasteiger partial charge in [0.05, 0.1) is 12.1 Å². The minimum atomic E-state index is 0.0794. The van der Waals surface area contributed by atoms with Gasteiger partial charge in [-0.3, -0.25) is 0 Å². The molecule has 0 bridgehead atoms. The number of rotatable bonds is 3. The van der Waals surface area contributed by atoms with Gasteiger partial charge in [-0.15, -0.1) is 11.8 Å². The largest absolute Gasteiger partial charge is 0.357 e. The third kappa shape index (κ3) is 3.82. The van der Waals surface area contributed by atoms with Gasteiger partial charge < -0.3 is 4.90 Å². The molecule has 2 heterocycles. The first-order chi connectivity index (χ1) is 19.2. The van der Waals surface area contributed by atoms with Gasteiger partial charge in [0.1, 0.15) is 0 Å². The lowest BCUT2D eigenvalue weighted by atomic mass is 9.66. The molecule has 7 unspecified atom stereocenters. The Labute approximate surface area is 237 Å². The molecular weight excluding hydrogens is 490 g/mol. The molecule has 2 aliphatic heterocycles. The van der Waals surface area contributed by atoms with E-state index < -0.39 is 0 Å².